The summed E-state index contributed by atoms with van der Waals surface area (Å²) in [6.45, 7) is 8.87. The smallest absolute Gasteiger partial charge is 0.0960 e. The van der Waals surface area contributed by atoms with Crippen molar-refractivity contribution in [2.45, 2.75) is 33.7 Å². The van der Waals surface area contributed by atoms with Gasteiger partial charge in [0.15, 0.2) is 0 Å². The molecule has 0 spiro atoms. The molecule has 3 heteroatoms. The third-order valence-electron chi connectivity index (χ3n) is 3.07. The van der Waals surface area contributed by atoms with Gasteiger partial charge in [0.25, 0.3) is 0 Å². The number of halogens is 1. The molecule has 1 aromatic heterocycles. The van der Waals surface area contributed by atoms with Gasteiger partial charge in [-0.3, -0.25) is 0 Å². The fourth-order valence-corrected chi connectivity index (χ4v) is 3.13. The first-order chi connectivity index (χ1) is 6.97. The lowest BCUT2D eigenvalue weighted by Crippen LogP contribution is -2.25. The molecule has 0 aromatic carbocycles. The van der Waals surface area contributed by atoms with Crippen LogP contribution in [0.2, 0.25) is 4.34 Å². The molecular formula is C12H20ClNS. The Morgan fingerprint density at radius 2 is 1.93 bits per heavy atom. The lowest BCUT2D eigenvalue weighted by Gasteiger charge is -2.25. The Morgan fingerprint density at radius 3 is 2.27 bits per heavy atom. The first kappa shape index (κ1) is 13.0. The number of hydrogen-bond donors (Lipinski definition) is 1. The molecule has 0 saturated heterocycles. The second-order valence-electron chi connectivity index (χ2n) is 4.47. The van der Waals surface area contributed by atoms with Crippen LogP contribution in [-0.2, 0) is 0 Å². The van der Waals surface area contributed by atoms with Crippen molar-refractivity contribution in [1.82, 2.24) is 5.32 Å². The maximum atomic E-state index is 6.11. The summed E-state index contributed by atoms with van der Waals surface area (Å²) in [6.07, 6.45) is 0. The van der Waals surface area contributed by atoms with E-state index in [2.05, 4.69) is 39.1 Å². The van der Waals surface area contributed by atoms with Crippen molar-refractivity contribution in [3.63, 3.8) is 0 Å². The molecule has 1 heterocycles. The summed E-state index contributed by atoms with van der Waals surface area (Å²) in [6, 6.07) is 2.62. The van der Waals surface area contributed by atoms with Crippen LogP contribution in [0.3, 0.4) is 0 Å². The van der Waals surface area contributed by atoms with Crippen LogP contribution in [0, 0.1) is 18.8 Å². The first-order valence-electron chi connectivity index (χ1n) is 5.40. The number of nitrogens with one attached hydrogen (secondary N) is 1. The van der Waals surface area contributed by atoms with Crippen LogP contribution in [-0.4, -0.2) is 7.05 Å². The monoisotopic (exact) mass is 245 g/mol. The molecule has 0 aliphatic rings. The topological polar surface area (TPSA) is 12.0 Å². The number of thiophene rings is 1. The Bertz CT molecular complexity index is 300. The van der Waals surface area contributed by atoms with Crippen molar-refractivity contribution in [1.29, 1.82) is 0 Å². The van der Waals surface area contributed by atoms with E-state index in [0.29, 0.717) is 17.9 Å². The molecule has 15 heavy (non-hydrogen) atoms. The Morgan fingerprint density at radius 1 is 1.33 bits per heavy atom. The van der Waals surface area contributed by atoms with Gasteiger partial charge in [-0.1, -0.05) is 32.4 Å². The average molecular weight is 246 g/mol. The molecule has 0 aliphatic heterocycles. The van der Waals surface area contributed by atoms with E-state index < -0.39 is 0 Å². The summed E-state index contributed by atoms with van der Waals surface area (Å²) in [5, 5.41) is 3.39. The zero-order valence-corrected chi connectivity index (χ0v) is 11.7. The van der Waals surface area contributed by atoms with Gasteiger partial charge >= 0.3 is 0 Å². The molecule has 1 aromatic rings. The largest absolute Gasteiger partial charge is 0.312 e. The highest BCUT2D eigenvalue weighted by Gasteiger charge is 2.22. The molecular weight excluding hydrogens is 226 g/mol. The van der Waals surface area contributed by atoms with Crippen molar-refractivity contribution in [2.75, 3.05) is 7.05 Å². The minimum atomic E-state index is 0.418. The van der Waals surface area contributed by atoms with Crippen molar-refractivity contribution in [3.8, 4) is 0 Å². The van der Waals surface area contributed by atoms with Crippen molar-refractivity contribution < 1.29 is 0 Å². The Kier molecular flexibility index (Phi) is 4.63. The van der Waals surface area contributed by atoms with Crippen LogP contribution in [0.15, 0.2) is 6.07 Å². The second-order valence-corrected chi connectivity index (χ2v) is 6.16. The maximum Gasteiger partial charge on any atom is 0.0960 e. The Hall–Kier alpha value is -0.0500. The van der Waals surface area contributed by atoms with Crippen molar-refractivity contribution in [2.24, 2.45) is 11.8 Å². The summed E-state index contributed by atoms with van der Waals surface area (Å²) in [4.78, 5) is 1.35. The van der Waals surface area contributed by atoms with Crippen molar-refractivity contribution in [3.05, 3.63) is 20.8 Å². The van der Waals surface area contributed by atoms with Gasteiger partial charge in [-0.25, -0.2) is 0 Å². The van der Waals surface area contributed by atoms with Gasteiger partial charge in [0.1, 0.15) is 0 Å². The van der Waals surface area contributed by atoms with E-state index in [9.17, 15) is 0 Å². The quantitative estimate of drug-likeness (QED) is 0.836. The van der Waals surface area contributed by atoms with Gasteiger partial charge in [0.05, 0.1) is 4.34 Å². The molecule has 0 saturated carbocycles. The number of hydrogen-bond acceptors (Lipinski definition) is 2. The third-order valence-corrected chi connectivity index (χ3v) is 4.71. The molecule has 0 amide bonds. The van der Waals surface area contributed by atoms with Gasteiger partial charge in [0, 0.05) is 10.9 Å². The summed E-state index contributed by atoms with van der Waals surface area (Å²) in [7, 11) is 2.02. The van der Waals surface area contributed by atoms with E-state index in [1.165, 1.54) is 10.4 Å². The molecule has 0 bridgehead atoms. The van der Waals surface area contributed by atoms with Crippen LogP contribution in [0.1, 0.15) is 37.3 Å². The molecule has 2 atom stereocenters. The minimum absolute atomic E-state index is 0.418. The van der Waals surface area contributed by atoms with Crippen LogP contribution < -0.4 is 5.32 Å². The van der Waals surface area contributed by atoms with Crippen LogP contribution in [0.5, 0.6) is 0 Å². The molecule has 2 unspecified atom stereocenters. The van der Waals surface area contributed by atoms with Gasteiger partial charge in [-0.05, 0) is 37.4 Å². The predicted octanol–water partition coefficient (Wildman–Crippen LogP) is 4.26. The van der Waals surface area contributed by atoms with Crippen LogP contribution in [0.4, 0.5) is 0 Å². The SMILES string of the molecule is CNC(c1cc(C)c(Cl)s1)C(C)C(C)C. The predicted molar refractivity (Wildman–Crippen MR) is 69.9 cm³/mol. The summed E-state index contributed by atoms with van der Waals surface area (Å²) < 4.78 is 0.918. The van der Waals surface area contributed by atoms with Crippen molar-refractivity contribution >= 4 is 22.9 Å². The highest BCUT2D eigenvalue weighted by molar-refractivity contribution is 7.16. The zero-order chi connectivity index (χ0) is 11.6. The summed E-state index contributed by atoms with van der Waals surface area (Å²) in [5.74, 6) is 1.28. The summed E-state index contributed by atoms with van der Waals surface area (Å²) in [5.41, 5.74) is 1.19. The average Bonchev–Trinajstić information content (AvgIpc) is 2.47. The lowest BCUT2D eigenvalue weighted by atomic mass is 9.89. The van der Waals surface area contributed by atoms with E-state index in [1.54, 1.807) is 11.3 Å². The van der Waals surface area contributed by atoms with Crippen LogP contribution >= 0.6 is 22.9 Å². The van der Waals surface area contributed by atoms with Gasteiger partial charge in [0.2, 0.25) is 0 Å². The first-order valence-corrected chi connectivity index (χ1v) is 6.60. The van der Waals surface area contributed by atoms with E-state index in [1.807, 2.05) is 7.05 Å². The highest BCUT2D eigenvalue weighted by atomic mass is 35.5. The lowest BCUT2D eigenvalue weighted by molar-refractivity contribution is 0.320. The Balaban J connectivity index is 2.92. The fraction of sp³-hybridized carbons (Fsp3) is 0.667. The minimum Gasteiger partial charge on any atom is -0.312 e. The second kappa shape index (κ2) is 5.33. The maximum absolute atomic E-state index is 6.11. The van der Waals surface area contributed by atoms with Gasteiger partial charge in [-0.15, -0.1) is 11.3 Å². The molecule has 0 fully saturated rings. The summed E-state index contributed by atoms with van der Waals surface area (Å²) >= 11 is 7.80. The van der Waals surface area contributed by atoms with E-state index in [-0.39, 0.29) is 0 Å². The number of aryl methyl sites for hydroxylation is 1. The van der Waals surface area contributed by atoms with Gasteiger partial charge in [-0.2, -0.15) is 0 Å². The fourth-order valence-electron chi connectivity index (χ4n) is 1.69. The van der Waals surface area contributed by atoms with E-state index in [4.69, 9.17) is 11.6 Å². The molecule has 0 aliphatic carbocycles. The molecule has 1 N–H and O–H groups in total. The van der Waals surface area contributed by atoms with E-state index in [0.717, 1.165) is 4.34 Å². The van der Waals surface area contributed by atoms with E-state index >= 15 is 0 Å². The standard InChI is InChI=1S/C12H20ClNS/c1-7(2)9(4)11(14-5)10-6-8(3)12(13)15-10/h6-7,9,11,14H,1-5H3. The van der Waals surface area contributed by atoms with Crippen LogP contribution in [0.25, 0.3) is 0 Å². The van der Waals surface area contributed by atoms with Gasteiger partial charge < -0.3 is 5.32 Å². The third kappa shape index (κ3) is 2.96. The molecule has 1 rings (SSSR count). The number of rotatable bonds is 4. The highest BCUT2D eigenvalue weighted by Crippen LogP contribution is 2.36. The molecule has 0 radical (unpaired) electrons. The molecule has 86 valence electrons. The zero-order valence-electron chi connectivity index (χ0n) is 10.1. The normalized spacial score (nSPS) is 15.7. The Labute approximate surface area is 102 Å². The molecule has 1 nitrogen and oxygen atoms in total.